The van der Waals surface area contributed by atoms with Crippen molar-refractivity contribution in [1.29, 1.82) is 0 Å². The Balaban J connectivity index is 2.49. The highest BCUT2D eigenvalue weighted by Crippen LogP contribution is 2.15. The van der Waals surface area contributed by atoms with Crippen LogP contribution in [-0.2, 0) is 6.54 Å². The van der Waals surface area contributed by atoms with Crippen molar-refractivity contribution in [3.8, 4) is 0 Å². The van der Waals surface area contributed by atoms with Crippen LogP contribution >= 0.6 is 11.6 Å². The number of hydrogen-bond acceptors (Lipinski definition) is 1. The van der Waals surface area contributed by atoms with Gasteiger partial charge in [-0.05, 0) is 36.6 Å². The fourth-order valence-electron chi connectivity index (χ4n) is 2.12. The topological polar surface area (TPSA) is 12.0 Å². The van der Waals surface area contributed by atoms with Gasteiger partial charge in [0.2, 0.25) is 0 Å². The average molecular weight is 272 g/mol. The standard InChI is InChI=1S/C15H23ClFN/c1-3-5-7-15(6-4-2)18-11-12-8-13(16)10-14(17)9-12/h8-10,15,18H,3-7,11H2,1-2H3. The summed E-state index contributed by atoms with van der Waals surface area (Å²) in [4.78, 5) is 0. The highest BCUT2D eigenvalue weighted by molar-refractivity contribution is 6.30. The predicted molar refractivity (Wildman–Crippen MR) is 76.5 cm³/mol. The van der Waals surface area contributed by atoms with E-state index >= 15 is 0 Å². The molecule has 1 rings (SSSR count). The maximum absolute atomic E-state index is 13.2. The van der Waals surface area contributed by atoms with Gasteiger partial charge in [0, 0.05) is 17.6 Å². The van der Waals surface area contributed by atoms with Gasteiger partial charge in [0.05, 0.1) is 0 Å². The molecular formula is C15H23ClFN. The molecular weight excluding hydrogens is 249 g/mol. The molecule has 1 nitrogen and oxygen atoms in total. The van der Waals surface area contributed by atoms with Gasteiger partial charge in [-0.1, -0.05) is 44.7 Å². The van der Waals surface area contributed by atoms with Gasteiger partial charge in [-0.25, -0.2) is 4.39 Å². The Labute approximate surface area is 115 Å². The molecule has 102 valence electrons. The highest BCUT2D eigenvalue weighted by atomic mass is 35.5. The van der Waals surface area contributed by atoms with Gasteiger partial charge < -0.3 is 5.32 Å². The quantitative estimate of drug-likeness (QED) is 0.707. The third kappa shape index (κ3) is 5.83. The fourth-order valence-corrected chi connectivity index (χ4v) is 2.37. The molecule has 0 saturated carbocycles. The second kappa shape index (κ2) is 8.49. The molecule has 0 amide bonds. The van der Waals surface area contributed by atoms with Crippen LogP contribution in [-0.4, -0.2) is 6.04 Å². The third-order valence-corrected chi connectivity index (χ3v) is 3.28. The van der Waals surface area contributed by atoms with E-state index in [1.165, 1.54) is 38.2 Å². The molecule has 0 aliphatic rings. The Morgan fingerprint density at radius 1 is 1.17 bits per heavy atom. The lowest BCUT2D eigenvalue weighted by molar-refractivity contribution is 0.433. The van der Waals surface area contributed by atoms with Crippen molar-refractivity contribution < 1.29 is 4.39 Å². The Hall–Kier alpha value is -0.600. The largest absolute Gasteiger partial charge is 0.310 e. The van der Waals surface area contributed by atoms with Crippen LogP contribution in [0.3, 0.4) is 0 Å². The second-order valence-corrected chi connectivity index (χ2v) is 5.22. The number of rotatable bonds is 8. The zero-order chi connectivity index (χ0) is 13.4. The first-order chi connectivity index (χ1) is 8.65. The average Bonchev–Trinajstić information content (AvgIpc) is 2.31. The molecule has 0 radical (unpaired) electrons. The number of halogens is 2. The molecule has 0 aromatic heterocycles. The minimum Gasteiger partial charge on any atom is -0.310 e. The van der Waals surface area contributed by atoms with Gasteiger partial charge in [-0.3, -0.25) is 0 Å². The van der Waals surface area contributed by atoms with Gasteiger partial charge in [-0.2, -0.15) is 0 Å². The summed E-state index contributed by atoms with van der Waals surface area (Å²) in [7, 11) is 0. The lowest BCUT2D eigenvalue weighted by atomic mass is 10.0. The first-order valence-corrected chi connectivity index (χ1v) is 7.21. The van der Waals surface area contributed by atoms with Gasteiger partial charge >= 0.3 is 0 Å². The summed E-state index contributed by atoms with van der Waals surface area (Å²) in [5.41, 5.74) is 0.914. The van der Waals surface area contributed by atoms with E-state index in [0.717, 1.165) is 5.56 Å². The molecule has 3 heteroatoms. The van der Waals surface area contributed by atoms with Crippen LogP contribution in [0.1, 0.15) is 51.5 Å². The second-order valence-electron chi connectivity index (χ2n) is 4.79. The lowest BCUT2D eigenvalue weighted by Gasteiger charge is -2.18. The number of benzene rings is 1. The summed E-state index contributed by atoms with van der Waals surface area (Å²) < 4.78 is 13.2. The molecule has 0 aliphatic heterocycles. The summed E-state index contributed by atoms with van der Waals surface area (Å²) in [6.07, 6.45) is 5.98. The summed E-state index contributed by atoms with van der Waals surface area (Å²) in [5.74, 6) is -0.264. The predicted octanol–water partition coefficient (Wildman–Crippen LogP) is 4.93. The van der Waals surface area contributed by atoms with E-state index in [-0.39, 0.29) is 5.82 Å². The van der Waals surface area contributed by atoms with Crippen LogP contribution in [0.4, 0.5) is 4.39 Å². The molecule has 1 aromatic rings. The van der Waals surface area contributed by atoms with Crippen molar-refractivity contribution in [1.82, 2.24) is 5.32 Å². The van der Waals surface area contributed by atoms with Gasteiger partial charge in [0.15, 0.2) is 0 Å². The van der Waals surface area contributed by atoms with Crippen LogP contribution in [0.2, 0.25) is 5.02 Å². The molecule has 1 atom stereocenters. The smallest absolute Gasteiger partial charge is 0.125 e. The molecule has 1 aromatic carbocycles. The van der Waals surface area contributed by atoms with E-state index in [2.05, 4.69) is 19.2 Å². The molecule has 0 heterocycles. The number of unbranched alkanes of at least 4 members (excludes halogenated alkanes) is 1. The number of nitrogens with one attached hydrogen (secondary N) is 1. The zero-order valence-corrected chi connectivity index (χ0v) is 12.1. The maximum Gasteiger partial charge on any atom is 0.125 e. The molecule has 0 bridgehead atoms. The number of hydrogen-bond donors (Lipinski definition) is 1. The van der Waals surface area contributed by atoms with E-state index < -0.39 is 0 Å². The van der Waals surface area contributed by atoms with Crippen LogP contribution in [0.5, 0.6) is 0 Å². The highest BCUT2D eigenvalue weighted by Gasteiger charge is 2.07. The van der Waals surface area contributed by atoms with E-state index in [9.17, 15) is 4.39 Å². The molecule has 0 fully saturated rings. The van der Waals surface area contributed by atoms with Crippen molar-refractivity contribution in [2.24, 2.45) is 0 Å². The van der Waals surface area contributed by atoms with Crippen LogP contribution in [0, 0.1) is 5.82 Å². The minimum atomic E-state index is -0.264. The first kappa shape index (κ1) is 15.5. The molecule has 18 heavy (non-hydrogen) atoms. The minimum absolute atomic E-state index is 0.264. The summed E-state index contributed by atoms with van der Waals surface area (Å²) in [5, 5.41) is 3.97. The molecule has 0 saturated heterocycles. The van der Waals surface area contributed by atoms with Crippen molar-refractivity contribution in [2.45, 2.75) is 58.5 Å². The SMILES string of the molecule is CCCCC(CCC)NCc1cc(F)cc(Cl)c1. The summed E-state index contributed by atoms with van der Waals surface area (Å²) >= 11 is 5.84. The summed E-state index contributed by atoms with van der Waals surface area (Å²) in [6.45, 7) is 5.08. The van der Waals surface area contributed by atoms with Crippen molar-refractivity contribution in [3.05, 3.63) is 34.6 Å². The van der Waals surface area contributed by atoms with Crippen molar-refractivity contribution in [2.75, 3.05) is 0 Å². The van der Waals surface area contributed by atoms with E-state index in [1.54, 1.807) is 6.07 Å². The van der Waals surface area contributed by atoms with Gasteiger partial charge in [0.1, 0.15) is 5.82 Å². The van der Waals surface area contributed by atoms with E-state index in [1.807, 2.05) is 6.07 Å². The summed E-state index contributed by atoms with van der Waals surface area (Å²) in [6, 6.07) is 5.23. The Kier molecular flexibility index (Phi) is 7.29. The molecule has 1 N–H and O–H groups in total. The Morgan fingerprint density at radius 3 is 2.56 bits per heavy atom. The fraction of sp³-hybridized carbons (Fsp3) is 0.600. The normalized spacial score (nSPS) is 12.7. The molecule has 1 unspecified atom stereocenters. The van der Waals surface area contributed by atoms with Crippen LogP contribution < -0.4 is 5.32 Å². The van der Waals surface area contributed by atoms with Gasteiger partial charge in [-0.15, -0.1) is 0 Å². The van der Waals surface area contributed by atoms with Gasteiger partial charge in [0.25, 0.3) is 0 Å². The third-order valence-electron chi connectivity index (χ3n) is 3.06. The monoisotopic (exact) mass is 271 g/mol. The molecule has 0 aliphatic carbocycles. The van der Waals surface area contributed by atoms with Crippen LogP contribution in [0.25, 0.3) is 0 Å². The van der Waals surface area contributed by atoms with Crippen LogP contribution in [0.15, 0.2) is 18.2 Å². The van der Waals surface area contributed by atoms with E-state index in [0.29, 0.717) is 17.6 Å². The lowest BCUT2D eigenvalue weighted by Crippen LogP contribution is -2.28. The Morgan fingerprint density at radius 2 is 1.94 bits per heavy atom. The zero-order valence-electron chi connectivity index (χ0n) is 11.3. The van der Waals surface area contributed by atoms with Crippen molar-refractivity contribution in [3.63, 3.8) is 0 Å². The molecule has 0 spiro atoms. The van der Waals surface area contributed by atoms with Crippen molar-refractivity contribution >= 4 is 11.6 Å². The first-order valence-electron chi connectivity index (χ1n) is 6.84. The van der Waals surface area contributed by atoms with E-state index in [4.69, 9.17) is 11.6 Å². The Bertz CT molecular complexity index is 334. The maximum atomic E-state index is 13.2.